The molecule has 1 atom stereocenters. The minimum atomic E-state index is -2.94. The van der Waals surface area contributed by atoms with Gasteiger partial charge in [0, 0.05) is 0 Å². The second-order valence-corrected chi connectivity index (χ2v) is 22.9. The van der Waals surface area contributed by atoms with Crippen LogP contribution in [-0.2, 0) is 32.1 Å². The van der Waals surface area contributed by atoms with Crippen molar-refractivity contribution in [3.63, 3.8) is 0 Å². The predicted octanol–water partition coefficient (Wildman–Crippen LogP) is 6.53. The molecular weight excluding hydrogens is 715 g/mol. The van der Waals surface area contributed by atoms with Crippen molar-refractivity contribution in [2.24, 2.45) is 11.3 Å². The summed E-state index contributed by atoms with van der Waals surface area (Å²) in [5.41, 5.74) is 15.2. The Morgan fingerprint density at radius 2 is 1.02 bits per heavy atom. The van der Waals surface area contributed by atoms with Gasteiger partial charge in [-0.05, 0) is 0 Å². The van der Waals surface area contributed by atoms with Crippen LogP contribution in [0.5, 0.6) is 0 Å². The average Bonchev–Trinajstić information content (AvgIpc) is 3.53. The summed E-state index contributed by atoms with van der Waals surface area (Å²) >= 11 is -2.94. The molecule has 2 aliphatic carbocycles. The Bertz CT molecular complexity index is 1800. The molecule has 0 N–H and O–H groups in total. The average molecular weight is 769 g/mol. The third-order valence-corrected chi connectivity index (χ3v) is 19.4. The Morgan fingerprint density at radius 3 is 1.39 bits per heavy atom. The molecule has 0 saturated carbocycles. The van der Waals surface area contributed by atoms with E-state index in [1.807, 2.05) is 0 Å². The third-order valence-electron chi connectivity index (χ3n) is 10.4. The molecule has 0 saturated heterocycles. The maximum atomic E-state index is 2.65. The number of fused-ring (bicyclic) bond motifs is 3. The Labute approximate surface area is 317 Å². The summed E-state index contributed by atoms with van der Waals surface area (Å²) in [5, 5.41) is 0. The van der Waals surface area contributed by atoms with Crippen LogP contribution < -0.4 is 24.8 Å². The Morgan fingerprint density at radius 1 is 0.592 bits per heavy atom. The van der Waals surface area contributed by atoms with Crippen molar-refractivity contribution < 1.29 is 46.1 Å². The fourth-order valence-electron chi connectivity index (χ4n) is 7.97. The zero-order chi connectivity index (χ0) is 33.9. The summed E-state index contributed by atoms with van der Waals surface area (Å²) in [4.78, 5) is 0. The van der Waals surface area contributed by atoms with Crippen molar-refractivity contribution >= 4 is 3.21 Å². The fourth-order valence-corrected chi connectivity index (χ4v) is 18.1. The largest absolute Gasteiger partial charge is 1.00 e. The standard InChI is InChI=1S/C21H25.C13H10.C12H19.2ClH.Zr/c1-20(2,3)16-7-9-18-14(12-16)11-15-13-17(21(4,5)6)8-10-19(15)18;1-3-7-12(8-4-1)11-13-9-5-2-6-10-13;1-6-10-7-9(2)8-11(10)12(3,4)5;;;/h7-13H,1-6H3;1-10H;8-9H,6H2,1-5H3;2*1H;/q;;;;;+2/p-2. The SMILES string of the molecule is CCC1=[C]([Zr+2](=[C](c2ccccc2)c2ccccc2)[CH]2c3cc(C(C)(C)C)ccc3-c3ccc(C(C)(C)C)cc32)C(C)C=C1C(C)(C)C.[Cl-].[Cl-]. The second-order valence-electron chi connectivity index (χ2n) is 16.9. The molecule has 0 bridgehead atoms. The first-order valence-corrected chi connectivity index (χ1v) is 21.6. The van der Waals surface area contributed by atoms with E-state index in [9.17, 15) is 0 Å². The van der Waals surface area contributed by atoms with Crippen LogP contribution in [0.1, 0.15) is 120 Å². The van der Waals surface area contributed by atoms with E-state index in [0.717, 1.165) is 6.42 Å². The van der Waals surface area contributed by atoms with Gasteiger partial charge < -0.3 is 24.8 Å². The third kappa shape index (κ3) is 7.52. The molecule has 0 spiro atoms. The number of hydrogen-bond acceptors (Lipinski definition) is 0. The van der Waals surface area contributed by atoms with Gasteiger partial charge in [0.15, 0.2) is 0 Å². The van der Waals surface area contributed by atoms with E-state index in [2.05, 4.69) is 179 Å². The minimum Gasteiger partial charge on any atom is -1.00 e. The molecule has 0 heterocycles. The predicted molar refractivity (Wildman–Crippen MR) is 201 cm³/mol. The Hall–Kier alpha value is -2.31. The van der Waals surface area contributed by atoms with Crippen LogP contribution >= 0.6 is 0 Å². The normalized spacial score (nSPS) is 15.8. The molecule has 0 fully saturated rings. The topological polar surface area (TPSA) is 0 Å². The van der Waals surface area contributed by atoms with Crippen LogP contribution in [0.4, 0.5) is 0 Å². The number of allylic oxidation sites excluding steroid dienone is 4. The summed E-state index contributed by atoms with van der Waals surface area (Å²) < 4.78 is 3.82. The number of hydrogen-bond donors (Lipinski definition) is 0. The van der Waals surface area contributed by atoms with Crippen molar-refractivity contribution in [2.75, 3.05) is 0 Å². The van der Waals surface area contributed by atoms with Crippen molar-refractivity contribution in [3.8, 4) is 11.1 Å². The molecule has 6 rings (SSSR count). The molecular formula is C46H54Cl2Zr. The molecule has 0 aliphatic heterocycles. The van der Waals surface area contributed by atoms with Gasteiger partial charge in [-0.1, -0.05) is 0 Å². The van der Waals surface area contributed by atoms with Gasteiger partial charge in [0.05, 0.1) is 0 Å². The van der Waals surface area contributed by atoms with Gasteiger partial charge in [0.2, 0.25) is 0 Å². The van der Waals surface area contributed by atoms with E-state index in [4.69, 9.17) is 0 Å². The first-order chi connectivity index (χ1) is 22.1. The zero-order valence-electron chi connectivity index (χ0n) is 31.4. The van der Waals surface area contributed by atoms with Gasteiger partial charge in [-0.15, -0.1) is 0 Å². The van der Waals surface area contributed by atoms with Crippen LogP contribution in [0.25, 0.3) is 11.1 Å². The van der Waals surface area contributed by atoms with Crippen LogP contribution in [-0.4, -0.2) is 3.21 Å². The van der Waals surface area contributed by atoms with Crippen LogP contribution in [0.15, 0.2) is 118 Å². The summed E-state index contributed by atoms with van der Waals surface area (Å²) in [7, 11) is 0. The van der Waals surface area contributed by atoms with Crippen molar-refractivity contribution in [3.05, 3.63) is 151 Å². The Balaban J connectivity index is 0.00000270. The molecule has 2 aliphatic rings. The molecule has 49 heavy (non-hydrogen) atoms. The number of benzene rings is 4. The number of halogens is 2. The molecule has 0 radical (unpaired) electrons. The van der Waals surface area contributed by atoms with Crippen LogP contribution in [0.2, 0.25) is 0 Å². The first kappa shape index (κ1) is 39.5. The second kappa shape index (κ2) is 14.7. The summed E-state index contributed by atoms with van der Waals surface area (Å²) in [5.74, 6) is 0.431. The van der Waals surface area contributed by atoms with E-state index in [1.165, 1.54) is 33.4 Å². The summed E-state index contributed by atoms with van der Waals surface area (Å²) in [6.45, 7) is 26.4. The van der Waals surface area contributed by atoms with Gasteiger partial charge in [0.1, 0.15) is 0 Å². The minimum absolute atomic E-state index is 0. The van der Waals surface area contributed by atoms with Crippen LogP contribution in [0.3, 0.4) is 0 Å². The fraction of sp³-hybridized carbons (Fsp3) is 0.370. The van der Waals surface area contributed by atoms with Gasteiger partial charge in [0.25, 0.3) is 0 Å². The van der Waals surface area contributed by atoms with E-state index in [-0.39, 0.29) is 41.1 Å². The van der Waals surface area contributed by atoms with Gasteiger partial charge in [-0.25, -0.2) is 0 Å². The van der Waals surface area contributed by atoms with E-state index < -0.39 is 21.3 Å². The monoisotopic (exact) mass is 766 g/mol. The van der Waals surface area contributed by atoms with Gasteiger partial charge in [-0.3, -0.25) is 0 Å². The summed E-state index contributed by atoms with van der Waals surface area (Å²) in [6, 6.07) is 37.9. The van der Waals surface area contributed by atoms with Gasteiger partial charge >= 0.3 is 295 Å². The van der Waals surface area contributed by atoms with E-state index in [0.29, 0.717) is 9.54 Å². The smallest absolute Gasteiger partial charge is 1.00 e. The molecule has 256 valence electrons. The molecule has 0 nitrogen and oxygen atoms in total. The maximum absolute atomic E-state index is 2.94. The van der Waals surface area contributed by atoms with Crippen molar-refractivity contribution in [2.45, 2.75) is 97.0 Å². The molecule has 0 amide bonds. The molecule has 4 aromatic carbocycles. The van der Waals surface area contributed by atoms with Crippen molar-refractivity contribution in [1.82, 2.24) is 0 Å². The molecule has 3 heteroatoms. The quantitative estimate of drug-likeness (QED) is 0.217. The van der Waals surface area contributed by atoms with E-state index in [1.54, 1.807) is 28.8 Å². The molecule has 1 unspecified atom stereocenters. The molecule has 0 aromatic heterocycles. The zero-order valence-corrected chi connectivity index (χ0v) is 35.4. The van der Waals surface area contributed by atoms with Gasteiger partial charge in [-0.2, -0.15) is 0 Å². The van der Waals surface area contributed by atoms with Crippen LogP contribution in [0, 0.1) is 11.3 Å². The number of rotatable bonds is 5. The Kier molecular flexibility index (Phi) is 11.9. The summed E-state index contributed by atoms with van der Waals surface area (Å²) in [6.07, 6.45) is 3.73. The first-order valence-electron chi connectivity index (χ1n) is 17.7. The molecule has 4 aromatic rings. The maximum Gasteiger partial charge on any atom is -1.00 e. The van der Waals surface area contributed by atoms with E-state index >= 15 is 0 Å². The van der Waals surface area contributed by atoms with Crippen molar-refractivity contribution in [1.29, 1.82) is 0 Å².